The summed E-state index contributed by atoms with van der Waals surface area (Å²) in [6.07, 6.45) is 2.39. The summed E-state index contributed by atoms with van der Waals surface area (Å²) in [4.78, 5) is 8.58. The maximum Gasteiger partial charge on any atom is 0.141 e. The lowest BCUT2D eigenvalue weighted by Crippen LogP contribution is -1.99. The van der Waals surface area contributed by atoms with Gasteiger partial charge in [-0.15, -0.1) is 0 Å². The third-order valence-electron chi connectivity index (χ3n) is 4.33. The highest BCUT2D eigenvalue weighted by Crippen LogP contribution is 2.28. The molecule has 4 rings (SSSR count). The molecule has 2 aromatic carbocycles. The topological polar surface area (TPSA) is 73.1 Å². The minimum atomic E-state index is -0.477. The normalized spacial score (nSPS) is 14.5. The Labute approximate surface area is 188 Å². The second-order valence-corrected chi connectivity index (χ2v) is 6.67. The quantitative estimate of drug-likeness (QED) is 0.365. The second kappa shape index (κ2) is 12.1. The van der Waals surface area contributed by atoms with Crippen molar-refractivity contribution in [3.8, 4) is 11.8 Å². The molecule has 0 amide bonds. The van der Waals surface area contributed by atoms with Crippen molar-refractivity contribution in [1.29, 1.82) is 0 Å². The first-order chi connectivity index (χ1) is 15.1. The van der Waals surface area contributed by atoms with Gasteiger partial charge in [-0.2, -0.15) is 0 Å². The zero-order valence-electron chi connectivity index (χ0n) is 18.3. The Hall–Kier alpha value is -2.88. The van der Waals surface area contributed by atoms with Gasteiger partial charge < -0.3 is 15.8 Å². The van der Waals surface area contributed by atoms with E-state index >= 15 is 0 Å². The second-order valence-electron chi connectivity index (χ2n) is 6.26. The average Bonchev–Trinajstić information content (AvgIpc) is 3.32. The molecule has 0 radical (unpaired) electrons. The summed E-state index contributed by atoms with van der Waals surface area (Å²) in [5, 5.41) is 3.90. The summed E-state index contributed by atoms with van der Waals surface area (Å²) in [6, 6.07) is 8.01. The predicted molar refractivity (Wildman–Crippen MR) is 127 cm³/mol. The van der Waals surface area contributed by atoms with E-state index in [9.17, 15) is 4.39 Å². The number of nitrogens with one attached hydrogen (secondary N) is 1. The van der Waals surface area contributed by atoms with E-state index in [4.69, 9.17) is 22.1 Å². The molecule has 0 saturated carbocycles. The van der Waals surface area contributed by atoms with Crippen LogP contribution in [0.2, 0.25) is 5.02 Å². The Morgan fingerprint density at radius 1 is 1.16 bits per heavy atom. The summed E-state index contributed by atoms with van der Waals surface area (Å²) in [5.74, 6) is 6.66. The van der Waals surface area contributed by atoms with Crippen molar-refractivity contribution in [3.63, 3.8) is 0 Å². The number of ether oxygens (including phenoxy) is 1. The molecule has 2 heterocycles. The van der Waals surface area contributed by atoms with Gasteiger partial charge >= 0.3 is 0 Å². The number of rotatable bonds is 2. The summed E-state index contributed by atoms with van der Waals surface area (Å²) < 4.78 is 18.7. The van der Waals surface area contributed by atoms with E-state index in [2.05, 4.69) is 27.1 Å². The fourth-order valence-electron chi connectivity index (χ4n) is 2.87. The van der Waals surface area contributed by atoms with E-state index in [1.807, 2.05) is 33.8 Å². The van der Waals surface area contributed by atoms with Crippen LogP contribution in [0.15, 0.2) is 36.7 Å². The molecule has 1 aliphatic heterocycles. The van der Waals surface area contributed by atoms with Crippen LogP contribution < -0.4 is 11.1 Å². The van der Waals surface area contributed by atoms with Crippen molar-refractivity contribution in [3.05, 3.63) is 53.1 Å². The van der Waals surface area contributed by atoms with Gasteiger partial charge in [-0.05, 0) is 36.8 Å². The molecule has 3 N–H and O–H groups in total. The monoisotopic (exact) mass is 442 g/mol. The number of fused-ring (bicyclic) bond motifs is 1. The first-order valence-electron chi connectivity index (χ1n) is 10.5. The SMILES string of the molecule is CC.CC.Nc1cc2c(Nc3ccc(F)c(Cl)c3)ncnc2cc1C#CC1CCOC1. The molecule has 7 heteroatoms. The lowest BCUT2D eigenvalue weighted by atomic mass is 10.1. The number of aromatic nitrogens is 2. The van der Waals surface area contributed by atoms with Gasteiger partial charge in [-0.3, -0.25) is 0 Å². The molecule has 5 nitrogen and oxygen atoms in total. The lowest BCUT2D eigenvalue weighted by Gasteiger charge is -2.10. The molecule has 0 bridgehead atoms. The summed E-state index contributed by atoms with van der Waals surface area (Å²) in [5.41, 5.74) is 8.79. The molecular formula is C24H28ClFN4O. The predicted octanol–water partition coefficient (Wildman–Crippen LogP) is 6.19. The number of nitrogen functional groups attached to an aromatic ring is 1. The van der Waals surface area contributed by atoms with Crippen molar-refractivity contribution in [2.45, 2.75) is 34.1 Å². The van der Waals surface area contributed by atoms with E-state index in [0.717, 1.165) is 24.0 Å². The van der Waals surface area contributed by atoms with Gasteiger partial charge in [0.1, 0.15) is 18.0 Å². The molecular weight excluding hydrogens is 415 g/mol. The molecule has 3 aromatic rings. The first-order valence-corrected chi connectivity index (χ1v) is 10.8. The molecule has 0 spiro atoms. The van der Waals surface area contributed by atoms with Gasteiger partial charge in [-0.1, -0.05) is 51.1 Å². The number of hydrogen-bond donors (Lipinski definition) is 2. The van der Waals surface area contributed by atoms with Crippen LogP contribution in [-0.4, -0.2) is 23.2 Å². The number of hydrogen-bond acceptors (Lipinski definition) is 5. The fraction of sp³-hybridized carbons (Fsp3) is 0.333. The standard InChI is InChI=1S/C20H16ClFN4O.2C2H6/c21-16-8-14(3-4-17(16)22)26-20-15-9-18(23)13(7-19(15)24-11-25-20)2-1-12-5-6-27-10-12;2*1-2/h3-4,7-9,11-12H,5-6,10,23H2,(H,24,25,26);2*1-2H3. The van der Waals surface area contributed by atoms with E-state index in [1.165, 1.54) is 18.5 Å². The van der Waals surface area contributed by atoms with Crippen molar-refractivity contribution in [1.82, 2.24) is 9.97 Å². The van der Waals surface area contributed by atoms with Crippen LogP contribution in [0.25, 0.3) is 10.9 Å². The lowest BCUT2D eigenvalue weighted by molar-refractivity contribution is 0.192. The van der Waals surface area contributed by atoms with Gasteiger partial charge in [-0.25, -0.2) is 14.4 Å². The number of nitrogens with two attached hydrogens (primary N) is 1. The Morgan fingerprint density at radius 3 is 2.61 bits per heavy atom. The molecule has 1 aliphatic rings. The largest absolute Gasteiger partial charge is 0.398 e. The molecule has 164 valence electrons. The van der Waals surface area contributed by atoms with Crippen LogP contribution in [-0.2, 0) is 4.74 Å². The van der Waals surface area contributed by atoms with E-state index in [0.29, 0.717) is 29.3 Å². The summed E-state index contributed by atoms with van der Waals surface area (Å²) in [6.45, 7) is 9.42. The molecule has 0 aliphatic carbocycles. The molecule has 1 aromatic heterocycles. The smallest absolute Gasteiger partial charge is 0.141 e. The van der Waals surface area contributed by atoms with Gasteiger partial charge in [0.05, 0.1) is 17.1 Å². The molecule has 1 unspecified atom stereocenters. The van der Waals surface area contributed by atoms with Crippen LogP contribution in [0.1, 0.15) is 39.7 Å². The highest BCUT2D eigenvalue weighted by molar-refractivity contribution is 6.31. The van der Waals surface area contributed by atoms with Crippen LogP contribution >= 0.6 is 11.6 Å². The maximum atomic E-state index is 13.3. The Balaban J connectivity index is 0.000000807. The third-order valence-corrected chi connectivity index (χ3v) is 4.62. The van der Waals surface area contributed by atoms with Gasteiger partial charge in [0.25, 0.3) is 0 Å². The van der Waals surface area contributed by atoms with Gasteiger partial charge in [0, 0.05) is 34.8 Å². The Bertz CT molecular complexity index is 1070. The summed E-state index contributed by atoms with van der Waals surface area (Å²) >= 11 is 5.84. The van der Waals surface area contributed by atoms with Crippen molar-refractivity contribution in [2.24, 2.45) is 5.92 Å². The van der Waals surface area contributed by atoms with E-state index < -0.39 is 5.82 Å². The van der Waals surface area contributed by atoms with E-state index in [1.54, 1.807) is 12.1 Å². The highest BCUT2D eigenvalue weighted by atomic mass is 35.5. The van der Waals surface area contributed by atoms with Crippen LogP contribution in [0.4, 0.5) is 21.6 Å². The van der Waals surface area contributed by atoms with Gasteiger partial charge in [0.2, 0.25) is 0 Å². The molecule has 31 heavy (non-hydrogen) atoms. The maximum absolute atomic E-state index is 13.3. The molecule has 1 fully saturated rings. The van der Waals surface area contributed by atoms with Crippen LogP contribution in [0, 0.1) is 23.6 Å². The average molecular weight is 443 g/mol. The number of nitrogens with zero attached hydrogens (tertiary/aromatic N) is 2. The van der Waals surface area contributed by atoms with Crippen molar-refractivity contribution in [2.75, 3.05) is 24.3 Å². The Kier molecular flexibility index (Phi) is 9.51. The van der Waals surface area contributed by atoms with Crippen molar-refractivity contribution >= 4 is 39.7 Å². The van der Waals surface area contributed by atoms with Crippen LogP contribution in [0.3, 0.4) is 0 Å². The zero-order valence-corrected chi connectivity index (χ0v) is 19.1. The number of halogens is 2. The third kappa shape index (κ3) is 6.30. The molecule has 1 saturated heterocycles. The van der Waals surface area contributed by atoms with E-state index in [-0.39, 0.29) is 10.9 Å². The first kappa shape index (κ1) is 24.4. The molecule has 1 atom stereocenters. The minimum absolute atomic E-state index is 0.0336. The minimum Gasteiger partial charge on any atom is -0.398 e. The fourth-order valence-corrected chi connectivity index (χ4v) is 3.05. The zero-order chi connectivity index (χ0) is 22.8. The number of benzene rings is 2. The van der Waals surface area contributed by atoms with Crippen LogP contribution in [0.5, 0.6) is 0 Å². The number of anilines is 3. The van der Waals surface area contributed by atoms with Gasteiger partial charge in [0.15, 0.2) is 0 Å². The highest BCUT2D eigenvalue weighted by Gasteiger charge is 2.13. The van der Waals surface area contributed by atoms with Crippen molar-refractivity contribution < 1.29 is 9.13 Å². The summed E-state index contributed by atoms with van der Waals surface area (Å²) in [7, 11) is 0. The Morgan fingerprint density at radius 2 is 1.94 bits per heavy atom.